The third-order valence-corrected chi connectivity index (χ3v) is 3.96. The van der Waals surface area contributed by atoms with Crippen LogP contribution in [0.15, 0.2) is 30.6 Å². The van der Waals surface area contributed by atoms with Gasteiger partial charge in [-0.2, -0.15) is 11.8 Å². The maximum absolute atomic E-state index is 12.1. The Balaban J connectivity index is 2.10. The molecule has 0 aliphatic rings. The van der Waals surface area contributed by atoms with Crippen molar-refractivity contribution >= 4 is 23.4 Å². The molecule has 1 aromatic carbocycles. The lowest BCUT2D eigenvalue weighted by atomic mass is 10.1. The molecule has 7 heteroatoms. The van der Waals surface area contributed by atoms with Crippen molar-refractivity contribution in [3.05, 3.63) is 30.6 Å². The van der Waals surface area contributed by atoms with E-state index >= 15 is 0 Å². The molecular formula is C15H21N5OS. The van der Waals surface area contributed by atoms with Crippen LogP contribution in [0, 0.1) is 0 Å². The van der Waals surface area contributed by atoms with E-state index in [-0.39, 0.29) is 5.91 Å². The minimum absolute atomic E-state index is 0.164. The first-order valence-corrected chi connectivity index (χ1v) is 8.58. The molecule has 0 saturated carbocycles. The Morgan fingerprint density at radius 2 is 2.32 bits per heavy atom. The van der Waals surface area contributed by atoms with Crippen LogP contribution in [0.1, 0.15) is 13.3 Å². The topological polar surface area (TPSA) is 85.8 Å². The summed E-state index contributed by atoms with van der Waals surface area (Å²) in [5.74, 6) is 1.49. The molecule has 0 unspecified atom stereocenters. The van der Waals surface area contributed by atoms with Gasteiger partial charge >= 0.3 is 0 Å². The molecule has 0 radical (unpaired) electrons. The van der Waals surface area contributed by atoms with Crippen molar-refractivity contribution in [2.45, 2.75) is 25.9 Å². The number of carbonyl (C=O) groups excluding carboxylic acids is 1. The van der Waals surface area contributed by atoms with E-state index in [1.807, 2.05) is 42.0 Å². The summed E-state index contributed by atoms with van der Waals surface area (Å²) in [7, 11) is 0. The first-order valence-electron chi connectivity index (χ1n) is 7.19. The summed E-state index contributed by atoms with van der Waals surface area (Å²) in [6.45, 7) is 2.82. The molecule has 0 spiro atoms. The molecule has 0 saturated heterocycles. The second kappa shape index (κ2) is 7.95. The molecule has 118 valence electrons. The normalized spacial score (nSPS) is 12.1. The third-order valence-electron chi connectivity index (χ3n) is 3.31. The SMILES string of the molecule is CCn1cnnc1-c1cccc(NC(=O)[C@@H](N)CCSC)c1. The first kappa shape index (κ1) is 16.5. The highest BCUT2D eigenvalue weighted by Gasteiger charge is 2.14. The zero-order valence-corrected chi connectivity index (χ0v) is 13.6. The van der Waals surface area contributed by atoms with Gasteiger partial charge in [0.15, 0.2) is 5.82 Å². The molecule has 0 aliphatic carbocycles. The van der Waals surface area contributed by atoms with E-state index in [1.54, 1.807) is 18.1 Å². The van der Waals surface area contributed by atoms with E-state index in [2.05, 4.69) is 15.5 Å². The van der Waals surface area contributed by atoms with Crippen molar-refractivity contribution < 1.29 is 4.79 Å². The molecule has 1 aromatic heterocycles. The quantitative estimate of drug-likeness (QED) is 0.815. The molecular weight excluding hydrogens is 298 g/mol. The van der Waals surface area contributed by atoms with Crippen molar-refractivity contribution in [1.82, 2.24) is 14.8 Å². The number of nitrogens with zero attached hydrogens (tertiary/aromatic N) is 3. The highest BCUT2D eigenvalue weighted by Crippen LogP contribution is 2.20. The lowest BCUT2D eigenvalue weighted by molar-refractivity contribution is -0.117. The van der Waals surface area contributed by atoms with Gasteiger partial charge < -0.3 is 15.6 Å². The first-order chi connectivity index (χ1) is 10.7. The fraction of sp³-hybridized carbons (Fsp3) is 0.400. The van der Waals surface area contributed by atoms with Gasteiger partial charge in [-0.25, -0.2) is 0 Å². The highest BCUT2D eigenvalue weighted by molar-refractivity contribution is 7.98. The minimum Gasteiger partial charge on any atom is -0.325 e. The minimum atomic E-state index is -0.490. The Bertz CT molecular complexity index is 628. The molecule has 2 rings (SSSR count). The molecule has 0 fully saturated rings. The van der Waals surface area contributed by atoms with Crippen LogP contribution in [0.5, 0.6) is 0 Å². The number of amides is 1. The van der Waals surface area contributed by atoms with Gasteiger partial charge in [0.25, 0.3) is 0 Å². The van der Waals surface area contributed by atoms with Gasteiger partial charge in [-0.3, -0.25) is 4.79 Å². The highest BCUT2D eigenvalue weighted by atomic mass is 32.2. The molecule has 0 bridgehead atoms. The third kappa shape index (κ3) is 4.08. The molecule has 1 heterocycles. The average molecular weight is 319 g/mol. The van der Waals surface area contributed by atoms with Gasteiger partial charge in [-0.1, -0.05) is 12.1 Å². The Hall–Kier alpha value is -1.86. The van der Waals surface area contributed by atoms with Crippen LogP contribution in [0.2, 0.25) is 0 Å². The molecule has 3 N–H and O–H groups in total. The lowest BCUT2D eigenvalue weighted by Gasteiger charge is -2.12. The van der Waals surface area contributed by atoms with Gasteiger partial charge in [0, 0.05) is 17.8 Å². The summed E-state index contributed by atoms with van der Waals surface area (Å²) in [5.41, 5.74) is 7.50. The number of hydrogen-bond acceptors (Lipinski definition) is 5. The van der Waals surface area contributed by atoms with Crippen LogP contribution in [0.25, 0.3) is 11.4 Å². The average Bonchev–Trinajstić information content (AvgIpc) is 3.01. The van der Waals surface area contributed by atoms with E-state index < -0.39 is 6.04 Å². The van der Waals surface area contributed by atoms with Crippen molar-refractivity contribution in [2.75, 3.05) is 17.3 Å². The Kier molecular flexibility index (Phi) is 5.97. The second-order valence-corrected chi connectivity index (χ2v) is 5.88. The van der Waals surface area contributed by atoms with E-state index in [1.165, 1.54) is 0 Å². The summed E-state index contributed by atoms with van der Waals surface area (Å²) in [6, 6.07) is 7.06. The summed E-state index contributed by atoms with van der Waals surface area (Å²) in [5, 5.41) is 10.9. The number of thioether (sulfide) groups is 1. The number of nitrogens with one attached hydrogen (secondary N) is 1. The van der Waals surface area contributed by atoms with E-state index in [0.717, 1.165) is 23.7 Å². The Labute approximate surface area is 134 Å². The maximum atomic E-state index is 12.1. The van der Waals surface area contributed by atoms with Crippen molar-refractivity contribution in [3.63, 3.8) is 0 Å². The number of benzene rings is 1. The molecule has 0 aliphatic heterocycles. The zero-order valence-electron chi connectivity index (χ0n) is 12.8. The lowest BCUT2D eigenvalue weighted by Crippen LogP contribution is -2.36. The van der Waals surface area contributed by atoms with Gasteiger partial charge in [0.05, 0.1) is 6.04 Å². The second-order valence-electron chi connectivity index (χ2n) is 4.90. The van der Waals surface area contributed by atoms with Crippen LogP contribution in [0.3, 0.4) is 0 Å². The summed E-state index contributed by atoms with van der Waals surface area (Å²) < 4.78 is 1.95. The fourth-order valence-corrected chi connectivity index (χ4v) is 2.55. The molecule has 1 atom stereocenters. The number of aryl methyl sites for hydroxylation is 1. The van der Waals surface area contributed by atoms with Crippen molar-refractivity contribution in [1.29, 1.82) is 0 Å². The Morgan fingerprint density at radius 3 is 3.05 bits per heavy atom. The van der Waals surface area contributed by atoms with Crippen molar-refractivity contribution in [3.8, 4) is 11.4 Å². The number of rotatable bonds is 7. The van der Waals surface area contributed by atoms with Gasteiger partial charge in [0.2, 0.25) is 5.91 Å². The number of aromatic nitrogens is 3. The molecule has 2 aromatic rings. The standard InChI is InChI=1S/C15H21N5OS/c1-3-20-10-17-19-14(20)11-5-4-6-12(9-11)18-15(21)13(16)7-8-22-2/h4-6,9-10,13H,3,7-8,16H2,1-2H3,(H,18,21)/t13-/m0/s1. The Morgan fingerprint density at radius 1 is 1.50 bits per heavy atom. The predicted molar refractivity (Wildman–Crippen MR) is 90.7 cm³/mol. The predicted octanol–water partition coefficient (Wildman–Crippen LogP) is 1.98. The van der Waals surface area contributed by atoms with E-state index in [9.17, 15) is 4.79 Å². The van der Waals surface area contributed by atoms with Crippen LogP contribution >= 0.6 is 11.8 Å². The number of anilines is 1. The molecule has 22 heavy (non-hydrogen) atoms. The van der Waals surface area contributed by atoms with Crippen LogP contribution < -0.4 is 11.1 Å². The largest absolute Gasteiger partial charge is 0.325 e. The van der Waals surface area contributed by atoms with E-state index in [0.29, 0.717) is 12.1 Å². The van der Waals surface area contributed by atoms with Gasteiger partial charge in [-0.05, 0) is 37.5 Å². The van der Waals surface area contributed by atoms with Crippen LogP contribution in [-0.2, 0) is 11.3 Å². The summed E-state index contributed by atoms with van der Waals surface area (Å²) in [6.07, 6.45) is 4.35. The number of carbonyl (C=O) groups is 1. The summed E-state index contributed by atoms with van der Waals surface area (Å²) >= 11 is 1.68. The van der Waals surface area contributed by atoms with E-state index in [4.69, 9.17) is 5.73 Å². The monoisotopic (exact) mass is 319 g/mol. The van der Waals surface area contributed by atoms with Crippen LogP contribution in [0.4, 0.5) is 5.69 Å². The smallest absolute Gasteiger partial charge is 0.241 e. The van der Waals surface area contributed by atoms with Crippen molar-refractivity contribution in [2.24, 2.45) is 5.73 Å². The van der Waals surface area contributed by atoms with Gasteiger partial charge in [-0.15, -0.1) is 10.2 Å². The fourth-order valence-electron chi connectivity index (χ4n) is 2.06. The van der Waals surface area contributed by atoms with Crippen LogP contribution in [-0.4, -0.2) is 38.7 Å². The maximum Gasteiger partial charge on any atom is 0.241 e. The number of nitrogens with two attached hydrogens (primary N) is 1. The number of hydrogen-bond donors (Lipinski definition) is 2. The zero-order chi connectivity index (χ0) is 15.9. The summed E-state index contributed by atoms with van der Waals surface area (Å²) in [4.78, 5) is 12.1. The van der Waals surface area contributed by atoms with Gasteiger partial charge in [0.1, 0.15) is 6.33 Å². The molecule has 6 nitrogen and oxygen atoms in total. The molecule has 1 amide bonds.